The number of aromatic nitrogens is 3. The van der Waals surface area contributed by atoms with Gasteiger partial charge in [0.1, 0.15) is 11.6 Å². The number of hydrogen-bond donors (Lipinski definition) is 1. The molecule has 1 N–H and O–H groups in total. The molecule has 5 rings (SSSR count). The number of nitrogens with one attached hydrogen (secondary N) is 1. The monoisotopic (exact) mass is 447 g/mol. The molecule has 0 amide bonds. The van der Waals surface area contributed by atoms with Crippen LogP contribution in [0.1, 0.15) is 18.4 Å². The van der Waals surface area contributed by atoms with Crippen LogP contribution in [0.15, 0.2) is 60.8 Å². The summed E-state index contributed by atoms with van der Waals surface area (Å²) in [6, 6.07) is 17.5. The number of pyridine rings is 1. The number of piperidine rings is 1. The summed E-state index contributed by atoms with van der Waals surface area (Å²) in [5.41, 5.74) is 2.86. The van der Waals surface area contributed by atoms with E-state index in [1.165, 1.54) is 6.07 Å². The molecule has 8 heteroatoms. The van der Waals surface area contributed by atoms with E-state index in [4.69, 9.17) is 5.26 Å². The number of imidazole rings is 1. The predicted octanol–water partition coefficient (Wildman–Crippen LogP) is 6.05. The van der Waals surface area contributed by atoms with Gasteiger partial charge in [-0.1, -0.05) is 24.3 Å². The summed E-state index contributed by atoms with van der Waals surface area (Å²) in [7, 11) is 0. The smallest absolute Gasteiger partial charge is 0.357 e. The Bertz CT molecular complexity index is 1310. The average molecular weight is 447 g/mol. The molecule has 2 aromatic heterocycles. The summed E-state index contributed by atoms with van der Waals surface area (Å²) in [6.07, 6.45) is -0.840. The van der Waals surface area contributed by atoms with Gasteiger partial charge >= 0.3 is 6.18 Å². The first-order chi connectivity index (χ1) is 15.9. The lowest BCUT2D eigenvalue weighted by molar-refractivity contribution is -0.137. The summed E-state index contributed by atoms with van der Waals surface area (Å²) >= 11 is 0. The van der Waals surface area contributed by atoms with Gasteiger partial charge in [-0.2, -0.15) is 18.4 Å². The van der Waals surface area contributed by atoms with Crippen LogP contribution < -0.4 is 4.90 Å². The first-order valence-corrected chi connectivity index (χ1v) is 10.7. The second-order valence-electron chi connectivity index (χ2n) is 8.19. The molecular weight excluding hydrogens is 427 g/mol. The highest BCUT2D eigenvalue weighted by molar-refractivity contribution is 5.80. The zero-order valence-corrected chi connectivity index (χ0v) is 17.6. The van der Waals surface area contributed by atoms with Crippen molar-refractivity contribution in [2.75, 3.05) is 18.0 Å². The standard InChI is InChI=1S/C25H20F3N5/c26-25(27,28)20-6-7-21-22(13-20)32-24(31-21)18-3-1-17(2-4-18)19-5-8-23(30-15-19)33-11-9-16(14-29)10-12-33/h1-8,13,15-16H,9-12H2,(H,31,32). The van der Waals surface area contributed by atoms with E-state index < -0.39 is 11.7 Å². The van der Waals surface area contributed by atoms with E-state index in [2.05, 4.69) is 25.9 Å². The van der Waals surface area contributed by atoms with Crippen molar-refractivity contribution in [2.24, 2.45) is 5.92 Å². The lowest BCUT2D eigenvalue weighted by Crippen LogP contribution is -2.33. The number of anilines is 1. The van der Waals surface area contributed by atoms with Crippen molar-refractivity contribution in [3.05, 3.63) is 66.4 Å². The van der Waals surface area contributed by atoms with Gasteiger partial charge in [-0.3, -0.25) is 0 Å². The molecule has 0 aliphatic carbocycles. The molecule has 0 atom stereocenters. The van der Waals surface area contributed by atoms with Gasteiger partial charge in [-0.25, -0.2) is 9.97 Å². The van der Waals surface area contributed by atoms with Crippen LogP contribution >= 0.6 is 0 Å². The number of H-pyrrole nitrogens is 1. The number of alkyl halides is 3. The zero-order chi connectivity index (χ0) is 23.0. The Kier molecular flexibility index (Phi) is 5.25. The molecule has 2 aromatic carbocycles. The van der Waals surface area contributed by atoms with Crippen LogP contribution in [0.2, 0.25) is 0 Å². The second kappa shape index (κ2) is 8.24. The molecule has 0 saturated carbocycles. The molecule has 1 aliphatic heterocycles. The van der Waals surface area contributed by atoms with Gasteiger partial charge in [0.15, 0.2) is 0 Å². The molecule has 1 saturated heterocycles. The van der Waals surface area contributed by atoms with E-state index in [1.54, 1.807) is 0 Å². The van der Waals surface area contributed by atoms with Gasteiger partial charge in [0.05, 0.1) is 22.7 Å². The van der Waals surface area contributed by atoms with E-state index in [-0.39, 0.29) is 11.4 Å². The van der Waals surface area contributed by atoms with Crippen LogP contribution in [0.5, 0.6) is 0 Å². The lowest BCUT2D eigenvalue weighted by atomic mass is 9.98. The summed E-state index contributed by atoms with van der Waals surface area (Å²) in [5.74, 6) is 1.56. The summed E-state index contributed by atoms with van der Waals surface area (Å²) in [5, 5.41) is 9.05. The first-order valence-electron chi connectivity index (χ1n) is 10.7. The molecule has 5 nitrogen and oxygen atoms in total. The van der Waals surface area contributed by atoms with Gasteiger partial charge in [-0.15, -0.1) is 0 Å². The predicted molar refractivity (Wildman–Crippen MR) is 120 cm³/mol. The van der Waals surface area contributed by atoms with Crippen molar-refractivity contribution in [3.63, 3.8) is 0 Å². The fourth-order valence-electron chi connectivity index (χ4n) is 4.12. The Balaban J connectivity index is 1.33. The number of halogens is 3. The number of fused-ring (bicyclic) bond motifs is 1. The highest BCUT2D eigenvalue weighted by atomic mass is 19.4. The lowest BCUT2D eigenvalue weighted by Gasteiger charge is -2.30. The number of hydrogen-bond acceptors (Lipinski definition) is 4. The Morgan fingerprint density at radius 2 is 1.64 bits per heavy atom. The molecule has 3 heterocycles. The summed E-state index contributed by atoms with van der Waals surface area (Å²) in [6.45, 7) is 1.67. The maximum Gasteiger partial charge on any atom is 0.416 e. The third-order valence-electron chi connectivity index (χ3n) is 6.05. The summed E-state index contributed by atoms with van der Waals surface area (Å²) < 4.78 is 38.9. The van der Waals surface area contributed by atoms with Gasteiger partial charge in [0, 0.05) is 36.3 Å². The molecule has 166 valence electrons. The van der Waals surface area contributed by atoms with Crippen LogP contribution in [-0.4, -0.2) is 28.0 Å². The topological polar surface area (TPSA) is 68.6 Å². The largest absolute Gasteiger partial charge is 0.416 e. The highest BCUT2D eigenvalue weighted by Gasteiger charge is 2.30. The van der Waals surface area contributed by atoms with Crippen LogP contribution in [0, 0.1) is 17.2 Å². The van der Waals surface area contributed by atoms with Crippen LogP contribution in [0.4, 0.5) is 19.0 Å². The second-order valence-corrected chi connectivity index (χ2v) is 8.19. The molecule has 33 heavy (non-hydrogen) atoms. The van der Waals surface area contributed by atoms with Crippen LogP contribution in [0.3, 0.4) is 0 Å². The van der Waals surface area contributed by atoms with Crippen LogP contribution in [0.25, 0.3) is 33.5 Å². The Hall–Kier alpha value is -3.86. The molecule has 0 radical (unpaired) electrons. The van der Waals surface area contributed by atoms with Gasteiger partial charge in [-0.05, 0) is 48.7 Å². The van der Waals surface area contributed by atoms with Crippen molar-refractivity contribution in [2.45, 2.75) is 19.0 Å². The first kappa shape index (κ1) is 21.0. The fraction of sp³-hybridized carbons (Fsp3) is 0.240. The van der Waals surface area contributed by atoms with Crippen molar-refractivity contribution >= 4 is 16.9 Å². The SMILES string of the molecule is N#CC1CCN(c2ccc(-c3ccc(-c4nc5cc(C(F)(F)F)ccc5[nH]4)cc3)cn2)CC1. The summed E-state index contributed by atoms with van der Waals surface area (Å²) in [4.78, 5) is 14.2. The number of rotatable bonds is 3. The van der Waals surface area contributed by atoms with Crippen molar-refractivity contribution < 1.29 is 13.2 Å². The highest BCUT2D eigenvalue weighted by Crippen LogP contribution is 2.32. The van der Waals surface area contributed by atoms with Crippen LogP contribution in [-0.2, 0) is 6.18 Å². The Labute approximate surface area is 188 Å². The number of benzene rings is 2. The van der Waals surface area contributed by atoms with Gasteiger partial charge in [0.2, 0.25) is 0 Å². The van der Waals surface area contributed by atoms with E-state index in [9.17, 15) is 13.2 Å². The van der Waals surface area contributed by atoms with E-state index in [0.29, 0.717) is 11.3 Å². The fourth-order valence-corrected chi connectivity index (χ4v) is 4.12. The Morgan fingerprint density at radius 3 is 2.27 bits per heavy atom. The quantitative estimate of drug-likeness (QED) is 0.415. The van der Waals surface area contributed by atoms with Crippen molar-refractivity contribution in [1.29, 1.82) is 5.26 Å². The van der Waals surface area contributed by atoms with Gasteiger partial charge in [0.25, 0.3) is 0 Å². The normalized spacial score (nSPS) is 15.0. The molecule has 0 spiro atoms. The number of aromatic amines is 1. The molecule has 4 aromatic rings. The van der Waals surface area contributed by atoms with E-state index >= 15 is 0 Å². The number of nitriles is 1. The minimum Gasteiger partial charge on any atom is -0.357 e. The van der Waals surface area contributed by atoms with E-state index in [0.717, 1.165) is 60.6 Å². The minimum atomic E-state index is -4.40. The Morgan fingerprint density at radius 1 is 0.939 bits per heavy atom. The maximum atomic E-state index is 13.0. The molecule has 1 fully saturated rings. The van der Waals surface area contributed by atoms with Gasteiger partial charge < -0.3 is 9.88 Å². The molecule has 0 bridgehead atoms. The molecule has 0 unspecified atom stereocenters. The minimum absolute atomic E-state index is 0.137. The average Bonchev–Trinajstić information content (AvgIpc) is 3.27. The van der Waals surface area contributed by atoms with Crippen molar-refractivity contribution in [1.82, 2.24) is 15.0 Å². The molecule has 1 aliphatic rings. The third kappa shape index (κ3) is 4.27. The zero-order valence-electron chi connectivity index (χ0n) is 17.6. The van der Waals surface area contributed by atoms with E-state index in [1.807, 2.05) is 42.6 Å². The maximum absolute atomic E-state index is 13.0. The molecular formula is C25H20F3N5. The van der Waals surface area contributed by atoms with Crippen molar-refractivity contribution in [3.8, 4) is 28.6 Å². The number of nitrogens with zero attached hydrogens (tertiary/aromatic N) is 4. The third-order valence-corrected chi connectivity index (χ3v) is 6.05.